The summed E-state index contributed by atoms with van der Waals surface area (Å²) in [7, 11) is 0. The van der Waals surface area contributed by atoms with Crippen LogP contribution < -0.4 is 4.74 Å². The van der Waals surface area contributed by atoms with Crippen LogP contribution in [0.4, 0.5) is 0 Å². The highest BCUT2D eigenvalue weighted by Gasteiger charge is 2.21. The molecular formula is C29H42O. The highest BCUT2D eigenvalue weighted by Crippen LogP contribution is 2.36. The Bertz CT molecular complexity index is 673. The van der Waals surface area contributed by atoms with E-state index < -0.39 is 0 Å². The SMILES string of the molecule is CCCCOc1ccc([C@H]2CC[C@H](C#C/C=C/[C@H]3CC[C@H](CCC)CC3)CC2)cc1. The van der Waals surface area contributed by atoms with Crippen molar-refractivity contribution in [3.05, 3.63) is 42.0 Å². The Balaban J connectivity index is 1.37. The minimum Gasteiger partial charge on any atom is -0.494 e. The average molecular weight is 407 g/mol. The lowest BCUT2D eigenvalue weighted by atomic mass is 9.79. The van der Waals surface area contributed by atoms with Gasteiger partial charge in [-0.1, -0.05) is 63.2 Å². The van der Waals surface area contributed by atoms with Crippen molar-refractivity contribution in [1.29, 1.82) is 0 Å². The van der Waals surface area contributed by atoms with E-state index in [1.54, 1.807) is 0 Å². The molecule has 1 aromatic rings. The van der Waals surface area contributed by atoms with Crippen LogP contribution in [0.3, 0.4) is 0 Å². The van der Waals surface area contributed by atoms with Gasteiger partial charge in [0.1, 0.15) is 5.75 Å². The molecule has 0 N–H and O–H groups in total. The van der Waals surface area contributed by atoms with Gasteiger partial charge in [-0.05, 0) is 99.3 Å². The molecule has 0 spiro atoms. The lowest BCUT2D eigenvalue weighted by Gasteiger charge is -2.26. The maximum Gasteiger partial charge on any atom is 0.119 e. The van der Waals surface area contributed by atoms with Crippen molar-refractivity contribution < 1.29 is 4.74 Å². The Morgan fingerprint density at radius 3 is 2.30 bits per heavy atom. The minimum atomic E-state index is 0.586. The molecule has 1 heteroatoms. The first-order valence-corrected chi connectivity index (χ1v) is 12.7. The molecule has 2 saturated carbocycles. The number of rotatable bonds is 8. The zero-order valence-electron chi connectivity index (χ0n) is 19.4. The van der Waals surface area contributed by atoms with E-state index >= 15 is 0 Å². The molecule has 0 unspecified atom stereocenters. The van der Waals surface area contributed by atoms with Gasteiger partial charge in [-0.15, -0.1) is 0 Å². The monoisotopic (exact) mass is 406 g/mol. The van der Waals surface area contributed by atoms with Crippen LogP contribution in [-0.4, -0.2) is 6.61 Å². The molecule has 1 nitrogen and oxygen atoms in total. The van der Waals surface area contributed by atoms with Gasteiger partial charge in [-0.2, -0.15) is 0 Å². The van der Waals surface area contributed by atoms with Crippen molar-refractivity contribution in [3.8, 4) is 17.6 Å². The summed E-state index contributed by atoms with van der Waals surface area (Å²) in [6.07, 6.45) is 20.2. The second-order valence-corrected chi connectivity index (χ2v) is 9.54. The van der Waals surface area contributed by atoms with E-state index in [0.29, 0.717) is 11.8 Å². The predicted molar refractivity (Wildman–Crippen MR) is 129 cm³/mol. The topological polar surface area (TPSA) is 9.23 Å². The number of hydrogen-bond donors (Lipinski definition) is 0. The molecule has 2 aliphatic carbocycles. The normalized spacial score (nSPS) is 26.9. The van der Waals surface area contributed by atoms with Gasteiger partial charge in [-0.25, -0.2) is 0 Å². The molecule has 164 valence electrons. The van der Waals surface area contributed by atoms with Gasteiger partial charge in [0.2, 0.25) is 0 Å². The molecule has 0 radical (unpaired) electrons. The number of benzene rings is 1. The summed E-state index contributed by atoms with van der Waals surface area (Å²) >= 11 is 0. The smallest absolute Gasteiger partial charge is 0.119 e. The number of hydrogen-bond acceptors (Lipinski definition) is 1. The van der Waals surface area contributed by atoms with Crippen LogP contribution in [0.5, 0.6) is 5.75 Å². The van der Waals surface area contributed by atoms with Gasteiger partial charge >= 0.3 is 0 Å². The van der Waals surface area contributed by atoms with Crippen molar-refractivity contribution in [2.24, 2.45) is 17.8 Å². The van der Waals surface area contributed by atoms with E-state index in [0.717, 1.165) is 30.6 Å². The van der Waals surface area contributed by atoms with E-state index in [9.17, 15) is 0 Å². The summed E-state index contributed by atoms with van der Waals surface area (Å²) < 4.78 is 5.80. The third-order valence-corrected chi connectivity index (χ3v) is 7.17. The van der Waals surface area contributed by atoms with Gasteiger partial charge in [-0.3, -0.25) is 0 Å². The molecule has 0 aliphatic heterocycles. The van der Waals surface area contributed by atoms with Crippen LogP contribution in [0.15, 0.2) is 36.4 Å². The lowest BCUT2D eigenvalue weighted by Crippen LogP contribution is -2.12. The summed E-state index contributed by atoms with van der Waals surface area (Å²) in [5.74, 6) is 11.0. The molecule has 0 aromatic heterocycles. The summed E-state index contributed by atoms with van der Waals surface area (Å²) in [6, 6.07) is 8.85. The molecular weight excluding hydrogens is 364 g/mol. The Morgan fingerprint density at radius 1 is 0.900 bits per heavy atom. The average Bonchev–Trinajstić information content (AvgIpc) is 2.79. The first-order chi connectivity index (χ1) is 14.8. The Labute approximate surface area is 185 Å². The molecule has 0 bridgehead atoms. The van der Waals surface area contributed by atoms with Crippen molar-refractivity contribution in [2.45, 2.75) is 96.8 Å². The van der Waals surface area contributed by atoms with E-state index in [2.05, 4.69) is 62.1 Å². The van der Waals surface area contributed by atoms with Gasteiger partial charge in [0.15, 0.2) is 0 Å². The van der Waals surface area contributed by atoms with Crippen LogP contribution in [-0.2, 0) is 0 Å². The number of allylic oxidation sites excluding steroid dienone is 2. The van der Waals surface area contributed by atoms with E-state index in [4.69, 9.17) is 4.74 Å². The van der Waals surface area contributed by atoms with Gasteiger partial charge < -0.3 is 4.74 Å². The molecule has 0 amide bonds. The third-order valence-electron chi connectivity index (χ3n) is 7.17. The maximum absolute atomic E-state index is 5.80. The lowest BCUT2D eigenvalue weighted by molar-refractivity contribution is 0.294. The second-order valence-electron chi connectivity index (χ2n) is 9.54. The third kappa shape index (κ3) is 7.54. The van der Waals surface area contributed by atoms with Gasteiger partial charge in [0.25, 0.3) is 0 Å². The van der Waals surface area contributed by atoms with Crippen LogP contribution in [0.1, 0.15) is 102 Å². The van der Waals surface area contributed by atoms with Crippen LogP contribution in [0.25, 0.3) is 0 Å². The first kappa shape index (κ1) is 23.0. The molecule has 0 atom stereocenters. The molecule has 0 saturated heterocycles. The van der Waals surface area contributed by atoms with E-state index in [1.165, 1.54) is 76.2 Å². The zero-order valence-corrected chi connectivity index (χ0v) is 19.4. The molecule has 2 fully saturated rings. The van der Waals surface area contributed by atoms with Crippen LogP contribution in [0.2, 0.25) is 0 Å². The van der Waals surface area contributed by atoms with E-state index in [1.807, 2.05) is 0 Å². The first-order valence-electron chi connectivity index (χ1n) is 12.7. The Hall–Kier alpha value is -1.68. The van der Waals surface area contributed by atoms with Gasteiger partial charge in [0, 0.05) is 5.92 Å². The molecule has 30 heavy (non-hydrogen) atoms. The Morgan fingerprint density at radius 2 is 1.63 bits per heavy atom. The fourth-order valence-electron chi connectivity index (χ4n) is 5.17. The zero-order chi connectivity index (χ0) is 21.0. The number of ether oxygens (including phenoxy) is 1. The summed E-state index contributed by atoms with van der Waals surface area (Å²) in [5, 5.41) is 0. The van der Waals surface area contributed by atoms with Crippen LogP contribution in [0, 0.1) is 29.6 Å². The van der Waals surface area contributed by atoms with Crippen LogP contribution >= 0.6 is 0 Å². The number of unbranched alkanes of at least 4 members (excludes halogenated alkanes) is 1. The highest BCUT2D eigenvalue weighted by molar-refractivity contribution is 5.30. The molecule has 3 rings (SSSR count). The van der Waals surface area contributed by atoms with E-state index in [-0.39, 0.29) is 0 Å². The highest BCUT2D eigenvalue weighted by atomic mass is 16.5. The molecule has 2 aliphatic rings. The minimum absolute atomic E-state index is 0.586. The summed E-state index contributed by atoms with van der Waals surface area (Å²) in [4.78, 5) is 0. The van der Waals surface area contributed by atoms with Crippen molar-refractivity contribution >= 4 is 0 Å². The fraction of sp³-hybridized carbons (Fsp3) is 0.655. The summed E-state index contributed by atoms with van der Waals surface area (Å²) in [6.45, 7) is 5.34. The second kappa shape index (κ2) is 12.9. The van der Waals surface area contributed by atoms with Crippen molar-refractivity contribution in [3.63, 3.8) is 0 Å². The quantitative estimate of drug-likeness (QED) is 0.311. The Kier molecular flexibility index (Phi) is 9.88. The molecule has 1 aromatic carbocycles. The largest absolute Gasteiger partial charge is 0.494 e. The predicted octanol–water partition coefficient (Wildman–Crippen LogP) is 8.31. The fourth-order valence-corrected chi connectivity index (χ4v) is 5.17. The van der Waals surface area contributed by atoms with Gasteiger partial charge in [0.05, 0.1) is 6.61 Å². The van der Waals surface area contributed by atoms with Crippen molar-refractivity contribution in [1.82, 2.24) is 0 Å². The van der Waals surface area contributed by atoms with Crippen molar-refractivity contribution in [2.75, 3.05) is 6.61 Å². The maximum atomic E-state index is 5.80. The summed E-state index contributed by atoms with van der Waals surface area (Å²) in [5.41, 5.74) is 1.47. The molecule has 0 heterocycles. The standard InChI is InChI=1S/C29H42O/c1-3-5-23-30-29-21-19-28(20-22-29)27-17-15-26(16-18-27)10-7-6-9-25-13-11-24(8-4-2)12-14-25/h6,9,19-22,24-27H,3-5,8,11-18,23H2,1-2H3/b9-6+/t24-,25-,26-,27-.